The van der Waals surface area contributed by atoms with E-state index in [0.717, 1.165) is 27.9 Å². The number of pyridine rings is 1. The van der Waals surface area contributed by atoms with Crippen LogP contribution in [-0.2, 0) is 17.9 Å². The smallest absolute Gasteiger partial charge is 0.246 e. The number of aromatic nitrogens is 3. The van der Waals surface area contributed by atoms with Crippen LogP contribution in [0.25, 0.3) is 17.3 Å². The SMILES string of the molecule is CSc1ccc(CN(C)C(=O)/C=C/c2cn(Cc3ccccc3)nc2-c2cccnc2)cc1. The summed E-state index contributed by atoms with van der Waals surface area (Å²) in [6, 6.07) is 22.3. The van der Waals surface area contributed by atoms with E-state index in [0.29, 0.717) is 13.1 Å². The van der Waals surface area contributed by atoms with Crippen molar-refractivity contribution in [2.24, 2.45) is 0 Å². The summed E-state index contributed by atoms with van der Waals surface area (Å²) in [6.07, 6.45) is 11.0. The maximum atomic E-state index is 12.8. The zero-order valence-corrected chi connectivity index (χ0v) is 19.6. The largest absolute Gasteiger partial charge is 0.338 e. The van der Waals surface area contributed by atoms with Gasteiger partial charge in [-0.1, -0.05) is 42.5 Å². The second-order valence-corrected chi connectivity index (χ2v) is 8.61. The molecule has 0 N–H and O–H groups in total. The van der Waals surface area contributed by atoms with Crippen molar-refractivity contribution < 1.29 is 4.79 Å². The van der Waals surface area contributed by atoms with E-state index >= 15 is 0 Å². The number of carbonyl (C=O) groups excluding carboxylic acids is 1. The third kappa shape index (κ3) is 5.99. The number of thioether (sulfide) groups is 1. The van der Waals surface area contributed by atoms with E-state index in [1.807, 2.05) is 54.3 Å². The minimum atomic E-state index is -0.0584. The number of hydrogen-bond donors (Lipinski definition) is 0. The van der Waals surface area contributed by atoms with Crippen molar-refractivity contribution >= 4 is 23.7 Å². The highest BCUT2D eigenvalue weighted by Gasteiger charge is 2.12. The molecule has 2 heterocycles. The van der Waals surface area contributed by atoms with Gasteiger partial charge in [0.15, 0.2) is 0 Å². The molecule has 0 aliphatic heterocycles. The Morgan fingerprint density at radius 2 is 1.82 bits per heavy atom. The molecule has 5 nitrogen and oxygen atoms in total. The standard InChI is InChI=1S/C27H26N4OS/c1-30(18-22-10-13-25(33-2)14-11-22)26(32)15-12-24-20-31(19-21-7-4-3-5-8-21)29-27(24)23-9-6-16-28-17-23/h3-17,20H,18-19H2,1-2H3/b15-12+. The first kappa shape index (κ1) is 22.6. The fourth-order valence-corrected chi connectivity index (χ4v) is 3.92. The number of hydrogen-bond acceptors (Lipinski definition) is 4. The van der Waals surface area contributed by atoms with E-state index in [4.69, 9.17) is 5.10 Å². The summed E-state index contributed by atoms with van der Waals surface area (Å²) in [7, 11) is 1.82. The van der Waals surface area contributed by atoms with E-state index in [1.165, 1.54) is 4.90 Å². The summed E-state index contributed by atoms with van der Waals surface area (Å²) in [5.74, 6) is -0.0584. The van der Waals surface area contributed by atoms with Crippen LogP contribution in [0, 0.1) is 0 Å². The van der Waals surface area contributed by atoms with Gasteiger partial charge in [0.25, 0.3) is 0 Å². The van der Waals surface area contributed by atoms with Crippen LogP contribution in [0.15, 0.2) is 96.3 Å². The van der Waals surface area contributed by atoms with Crippen molar-refractivity contribution in [3.05, 3.63) is 108 Å². The summed E-state index contributed by atoms with van der Waals surface area (Å²) in [6.45, 7) is 1.21. The van der Waals surface area contributed by atoms with Gasteiger partial charge in [0.05, 0.1) is 6.54 Å². The normalized spacial score (nSPS) is 11.1. The lowest BCUT2D eigenvalue weighted by molar-refractivity contribution is -0.125. The minimum Gasteiger partial charge on any atom is -0.338 e. The summed E-state index contributed by atoms with van der Waals surface area (Å²) < 4.78 is 1.90. The molecule has 166 valence electrons. The lowest BCUT2D eigenvalue weighted by atomic mass is 10.1. The first-order valence-electron chi connectivity index (χ1n) is 10.7. The van der Waals surface area contributed by atoms with Crippen LogP contribution >= 0.6 is 11.8 Å². The Bertz CT molecular complexity index is 1220. The molecule has 0 saturated carbocycles. The van der Waals surface area contributed by atoms with Gasteiger partial charge in [-0.3, -0.25) is 14.5 Å². The van der Waals surface area contributed by atoms with Gasteiger partial charge in [-0.15, -0.1) is 11.8 Å². The zero-order chi connectivity index (χ0) is 23.0. The molecule has 0 aliphatic rings. The highest BCUT2D eigenvalue weighted by atomic mass is 32.2. The highest BCUT2D eigenvalue weighted by molar-refractivity contribution is 7.98. The molecule has 0 spiro atoms. The van der Waals surface area contributed by atoms with Crippen molar-refractivity contribution in [2.45, 2.75) is 18.0 Å². The predicted octanol–water partition coefficient (Wildman–Crippen LogP) is 5.39. The van der Waals surface area contributed by atoms with Crippen LogP contribution in [0.4, 0.5) is 0 Å². The molecule has 4 aromatic rings. The predicted molar refractivity (Wildman–Crippen MR) is 135 cm³/mol. The lowest BCUT2D eigenvalue weighted by Gasteiger charge is -2.15. The van der Waals surface area contributed by atoms with E-state index in [-0.39, 0.29) is 5.91 Å². The van der Waals surface area contributed by atoms with Crippen LogP contribution in [0.2, 0.25) is 0 Å². The third-order valence-electron chi connectivity index (χ3n) is 5.27. The second-order valence-electron chi connectivity index (χ2n) is 7.73. The van der Waals surface area contributed by atoms with E-state index < -0.39 is 0 Å². The maximum Gasteiger partial charge on any atom is 0.246 e. The van der Waals surface area contributed by atoms with Crippen LogP contribution in [-0.4, -0.2) is 38.9 Å². The number of nitrogens with zero attached hydrogens (tertiary/aromatic N) is 4. The van der Waals surface area contributed by atoms with Gasteiger partial charge in [-0.05, 0) is 47.7 Å². The van der Waals surface area contributed by atoms with Crippen molar-refractivity contribution in [3.8, 4) is 11.3 Å². The molecule has 0 aliphatic carbocycles. The third-order valence-corrected chi connectivity index (χ3v) is 6.02. The summed E-state index contributed by atoms with van der Waals surface area (Å²) >= 11 is 1.71. The molecule has 0 saturated heterocycles. The fraction of sp³-hybridized carbons (Fsp3) is 0.148. The van der Waals surface area contributed by atoms with Gasteiger partial charge in [0.1, 0.15) is 5.69 Å². The molecule has 0 atom stereocenters. The number of likely N-dealkylation sites (N-methyl/N-ethyl adjacent to an activating group) is 1. The second kappa shape index (κ2) is 10.8. The molecule has 0 fully saturated rings. The molecule has 0 unspecified atom stereocenters. The van der Waals surface area contributed by atoms with Gasteiger partial charge >= 0.3 is 0 Å². The zero-order valence-electron chi connectivity index (χ0n) is 18.8. The van der Waals surface area contributed by atoms with Crippen LogP contribution in [0.5, 0.6) is 0 Å². The maximum absolute atomic E-state index is 12.8. The Balaban J connectivity index is 1.53. The quantitative estimate of drug-likeness (QED) is 0.265. The topological polar surface area (TPSA) is 51.0 Å². The number of rotatable bonds is 8. The molecule has 33 heavy (non-hydrogen) atoms. The number of amides is 1. The Morgan fingerprint density at radius 1 is 1.03 bits per heavy atom. The Morgan fingerprint density at radius 3 is 2.52 bits per heavy atom. The van der Waals surface area contributed by atoms with Gasteiger partial charge in [0, 0.05) is 54.3 Å². The van der Waals surface area contributed by atoms with Crippen molar-refractivity contribution in [1.82, 2.24) is 19.7 Å². The molecular weight excluding hydrogens is 428 g/mol. The molecule has 6 heteroatoms. The minimum absolute atomic E-state index is 0.0584. The molecule has 0 bridgehead atoms. The molecule has 0 radical (unpaired) electrons. The number of carbonyl (C=O) groups is 1. The van der Waals surface area contributed by atoms with E-state index in [1.54, 1.807) is 35.1 Å². The molecular formula is C27H26N4OS. The van der Waals surface area contributed by atoms with Crippen molar-refractivity contribution in [3.63, 3.8) is 0 Å². The molecule has 1 amide bonds. The van der Waals surface area contributed by atoms with Crippen molar-refractivity contribution in [2.75, 3.05) is 13.3 Å². The molecule has 2 aromatic heterocycles. The fourth-order valence-electron chi connectivity index (χ4n) is 3.51. The Labute approximate surface area is 198 Å². The average Bonchev–Trinajstić information content (AvgIpc) is 3.26. The Hall–Kier alpha value is -3.64. The molecule has 2 aromatic carbocycles. The van der Waals surface area contributed by atoms with Crippen LogP contribution < -0.4 is 0 Å². The van der Waals surface area contributed by atoms with E-state index in [2.05, 4.69) is 47.6 Å². The van der Waals surface area contributed by atoms with Crippen LogP contribution in [0.1, 0.15) is 16.7 Å². The van der Waals surface area contributed by atoms with Gasteiger partial charge in [-0.25, -0.2) is 0 Å². The lowest BCUT2D eigenvalue weighted by Crippen LogP contribution is -2.24. The first-order chi connectivity index (χ1) is 16.1. The van der Waals surface area contributed by atoms with Crippen molar-refractivity contribution in [1.29, 1.82) is 0 Å². The summed E-state index contributed by atoms with van der Waals surface area (Å²) in [5, 5.41) is 4.78. The molecule has 4 rings (SSSR count). The van der Waals surface area contributed by atoms with Gasteiger partial charge in [0.2, 0.25) is 5.91 Å². The average molecular weight is 455 g/mol. The first-order valence-corrected chi connectivity index (χ1v) is 11.9. The number of benzene rings is 2. The Kier molecular flexibility index (Phi) is 7.37. The van der Waals surface area contributed by atoms with Gasteiger partial charge in [-0.2, -0.15) is 5.10 Å². The summed E-state index contributed by atoms with van der Waals surface area (Å²) in [5.41, 5.74) is 4.86. The summed E-state index contributed by atoms with van der Waals surface area (Å²) in [4.78, 5) is 19.9. The van der Waals surface area contributed by atoms with Crippen LogP contribution in [0.3, 0.4) is 0 Å². The van der Waals surface area contributed by atoms with Gasteiger partial charge < -0.3 is 4.90 Å². The highest BCUT2D eigenvalue weighted by Crippen LogP contribution is 2.23. The van der Waals surface area contributed by atoms with E-state index in [9.17, 15) is 4.79 Å². The monoisotopic (exact) mass is 454 g/mol.